The lowest BCUT2D eigenvalue weighted by atomic mass is 10.1. The lowest BCUT2D eigenvalue weighted by Crippen LogP contribution is -2.45. The molecule has 1 aliphatic rings. The summed E-state index contributed by atoms with van der Waals surface area (Å²) in [7, 11) is 1.86. The van der Waals surface area contributed by atoms with Crippen molar-refractivity contribution in [3.05, 3.63) is 24.3 Å². The first-order valence-electron chi connectivity index (χ1n) is 8.02. The number of carbonyl (C=O) groups excluding carboxylic acids is 1. The van der Waals surface area contributed by atoms with Crippen molar-refractivity contribution >= 4 is 5.91 Å². The molecule has 2 rings (SSSR count). The average Bonchev–Trinajstić information content (AvgIpc) is 2.58. The second-order valence-electron chi connectivity index (χ2n) is 5.59. The van der Waals surface area contributed by atoms with E-state index in [9.17, 15) is 4.79 Å². The molecule has 1 aromatic rings. The van der Waals surface area contributed by atoms with Crippen molar-refractivity contribution in [3.63, 3.8) is 0 Å². The number of rotatable bonds is 7. The summed E-state index contributed by atoms with van der Waals surface area (Å²) in [4.78, 5) is 14.0. The Morgan fingerprint density at radius 2 is 1.77 bits per heavy atom. The molecule has 5 heteroatoms. The van der Waals surface area contributed by atoms with Gasteiger partial charge in [-0.05, 0) is 56.6 Å². The van der Waals surface area contributed by atoms with Crippen molar-refractivity contribution in [3.8, 4) is 11.5 Å². The number of piperidine rings is 1. The first-order chi connectivity index (χ1) is 10.7. The quantitative estimate of drug-likeness (QED) is 0.838. The van der Waals surface area contributed by atoms with E-state index in [1.54, 1.807) is 0 Å². The molecule has 0 spiro atoms. The van der Waals surface area contributed by atoms with Crippen molar-refractivity contribution in [2.45, 2.75) is 32.2 Å². The van der Waals surface area contributed by atoms with Crippen LogP contribution in [0, 0.1) is 0 Å². The zero-order chi connectivity index (χ0) is 15.8. The number of carbonyl (C=O) groups is 1. The fourth-order valence-corrected chi connectivity index (χ4v) is 2.50. The molecule has 1 amide bonds. The average molecular weight is 306 g/mol. The van der Waals surface area contributed by atoms with Crippen molar-refractivity contribution in [1.29, 1.82) is 0 Å². The molecule has 1 heterocycles. The first-order valence-corrected chi connectivity index (χ1v) is 8.02. The Hall–Kier alpha value is -1.75. The molecule has 0 radical (unpaired) electrons. The summed E-state index contributed by atoms with van der Waals surface area (Å²) in [5.74, 6) is 1.54. The number of nitrogens with one attached hydrogen (secondary N) is 1. The van der Waals surface area contributed by atoms with Crippen LogP contribution in [0.3, 0.4) is 0 Å². The number of benzene rings is 1. The Balaban J connectivity index is 1.77. The number of likely N-dealkylation sites (N-methyl/N-ethyl adjacent to an activating group) is 1. The molecule has 0 unspecified atom stereocenters. The zero-order valence-electron chi connectivity index (χ0n) is 13.5. The number of amides is 1. The maximum atomic E-state index is 12.2. The third-order valence-corrected chi connectivity index (χ3v) is 3.91. The Morgan fingerprint density at radius 1 is 1.18 bits per heavy atom. The maximum absolute atomic E-state index is 12.2. The molecule has 1 N–H and O–H groups in total. The zero-order valence-corrected chi connectivity index (χ0v) is 13.5. The molecular formula is C17H26N2O3. The van der Waals surface area contributed by atoms with E-state index in [0.29, 0.717) is 18.4 Å². The van der Waals surface area contributed by atoms with E-state index in [-0.39, 0.29) is 12.5 Å². The predicted molar refractivity (Wildman–Crippen MR) is 86.4 cm³/mol. The van der Waals surface area contributed by atoms with E-state index in [4.69, 9.17) is 9.47 Å². The van der Waals surface area contributed by atoms with Gasteiger partial charge in [0.2, 0.25) is 0 Å². The van der Waals surface area contributed by atoms with Crippen molar-refractivity contribution in [1.82, 2.24) is 10.2 Å². The number of ether oxygens (including phenoxy) is 2. The molecule has 0 atom stereocenters. The standard InChI is InChI=1S/C17H26N2O3/c1-3-12-21-15-4-6-16(7-5-15)22-13-17(20)19(2)14-8-10-18-11-9-14/h4-7,14,18H,3,8-13H2,1-2H3. The van der Waals surface area contributed by atoms with E-state index in [1.807, 2.05) is 36.2 Å². The second-order valence-corrected chi connectivity index (χ2v) is 5.59. The minimum Gasteiger partial charge on any atom is -0.494 e. The summed E-state index contributed by atoms with van der Waals surface area (Å²) in [5, 5.41) is 3.31. The van der Waals surface area contributed by atoms with Crippen LogP contribution < -0.4 is 14.8 Å². The van der Waals surface area contributed by atoms with Crippen LogP contribution in [0.25, 0.3) is 0 Å². The van der Waals surface area contributed by atoms with Crippen LogP contribution in [0.4, 0.5) is 0 Å². The fraction of sp³-hybridized carbons (Fsp3) is 0.588. The highest BCUT2D eigenvalue weighted by molar-refractivity contribution is 5.77. The van der Waals surface area contributed by atoms with Gasteiger partial charge in [0.25, 0.3) is 5.91 Å². The molecule has 0 aliphatic carbocycles. The Bertz CT molecular complexity index is 455. The summed E-state index contributed by atoms with van der Waals surface area (Å²) in [6, 6.07) is 7.73. The lowest BCUT2D eigenvalue weighted by molar-refractivity contribution is -0.134. The molecule has 0 aromatic heterocycles. The van der Waals surface area contributed by atoms with Gasteiger partial charge < -0.3 is 19.7 Å². The summed E-state index contributed by atoms with van der Waals surface area (Å²) in [5.41, 5.74) is 0. The van der Waals surface area contributed by atoms with E-state index >= 15 is 0 Å². The minimum absolute atomic E-state index is 0.0261. The molecule has 122 valence electrons. The van der Waals surface area contributed by atoms with Crippen LogP contribution in [-0.2, 0) is 4.79 Å². The number of hydrogen-bond acceptors (Lipinski definition) is 4. The molecule has 22 heavy (non-hydrogen) atoms. The summed E-state index contributed by atoms with van der Waals surface area (Å²) >= 11 is 0. The monoisotopic (exact) mass is 306 g/mol. The van der Waals surface area contributed by atoms with Gasteiger partial charge in [-0.2, -0.15) is 0 Å². The van der Waals surface area contributed by atoms with Gasteiger partial charge in [0.05, 0.1) is 6.61 Å². The molecule has 1 saturated heterocycles. The van der Waals surface area contributed by atoms with Gasteiger partial charge >= 0.3 is 0 Å². The molecule has 5 nitrogen and oxygen atoms in total. The van der Waals surface area contributed by atoms with Gasteiger partial charge in [-0.1, -0.05) is 6.92 Å². The lowest BCUT2D eigenvalue weighted by Gasteiger charge is -2.31. The molecule has 1 fully saturated rings. The van der Waals surface area contributed by atoms with Crippen LogP contribution in [0.2, 0.25) is 0 Å². The van der Waals surface area contributed by atoms with Crippen LogP contribution >= 0.6 is 0 Å². The van der Waals surface area contributed by atoms with Crippen LogP contribution in [0.15, 0.2) is 24.3 Å². The Labute approximate surface area is 132 Å². The Morgan fingerprint density at radius 3 is 2.36 bits per heavy atom. The summed E-state index contributed by atoms with van der Waals surface area (Å²) < 4.78 is 11.1. The summed E-state index contributed by atoms with van der Waals surface area (Å²) in [6.45, 7) is 4.81. The largest absolute Gasteiger partial charge is 0.494 e. The normalized spacial score (nSPS) is 15.4. The van der Waals surface area contributed by atoms with Gasteiger partial charge in [0.15, 0.2) is 6.61 Å². The van der Waals surface area contributed by atoms with Gasteiger partial charge in [-0.15, -0.1) is 0 Å². The van der Waals surface area contributed by atoms with E-state index in [2.05, 4.69) is 12.2 Å². The smallest absolute Gasteiger partial charge is 0.260 e. The van der Waals surface area contributed by atoms with Gasteiger partial charge in [-0.25, -0.2) is 0 Å². The SMILES string of the molecule is CCCOc1ccc(OCC(=O)N(C)C2CCNCC2)cc1. The highest BCUT2D eigenvalue weighted by Gasteiger charge is 2.21. The van der Waals surface area contributed by atoms with Gasteiger partial charge in [0, 0.05) is 13.1 Å². The van der Waals surface area contributed by atoms with Crippen molar-refractivity contribution in [2.24, 2.45) is 0 Å². The highest BCUT2D eigenvalue weighted by atomic mass is 16.5. The van der Waals surface area contributed by atoms with Gasteiger partial charge in [0.1, 0.15) is 11.5 Å². The Kier molecular flexibility index (Phi) is 6.52. The van der Waals surface area contributed by atoms with Crippen LogP contribution in [0.1, 0.15) is 26.2 Å². The summed E-state index contributed by atoms with van der Waals surface area (Å²) in [6.07, 6.45) is 2.99. The third kappa shape index (κ3) is 4.91. The molecule has 0 bridgehead atoms. The highest BCUT2D eigenvalue weighted by Crippen LogP contribution is 2.18. The van der Waals surface area contributed by atoms with Crippen molar-refractivity contribution < 1.29 is 14.3 Å². The topological polar surface area (TPSA) is 50.8 Å². The third-order valence-electron chi connectivity index (χ3n) is 3.91. The minimum atomic E-state index is 0.0261. The second kappa shape index (κ2) is 8.63. The number of hydrogen-bond donors (Lipinski definition) is 1. The molecule has 0 saturated carbocycles. The van der Waals surface area contributed by atoms with Crippen LogP contribution in [0.5, 0.6) is 11.5 Å². The molecular weight excluding hydrogens is 280 g/mol. The molecule has 1 aromatic carbocycles. The van der Waals surface area contributed by atoms with E-state index in [0.717, 1.165) is 38.1 Å². The molecule has 1 aliphatic heterocycles. The maximum Gasteiger partial charge on any atom is 0.260 e. The first kappa shape index (κ1) is 16.6. The predicted octanol–water partition coefficient (Wildman–Crippen LogP) is 2.06. The van der Waals surface area contributed by atoms with E-state index < -0.39 is 0 Å². The number of nitrogens with zero attached hydrogens (tertiary/aromatic N) is 1. The fourth-order valence-electron chi connectivity index (χ4n) is 2.50. The van der Waals surface area contributed by atoms with Crippen molar-refractivity contribution in [2.75, 3.05) is 33.4 Å². The van der Waals surface area contributed by atoms with E-state index in [1.165, 1.54) is 0 Å². The van der Waals surface area contributed by atoms with Gasteiger partial charge in [-0.3, -0.25) is 4.79 Å². The van der Waals surface area contributed by atoms with Crippen LogP contribution in [-0.4, -0.2) is 50.2 Å².